The van der Waals surface area contributed by atoms with Crippen molar-refractivity contribution >= 4 is 11.8 Å². The van der Waals surface area contributed by atoms with Crippen LogP contribution in [0.3, 0.4) is 0 Å². The molecule has 2 N–H and O–H groups in total. The van der Waals surface area contributed by atoms with Gasteiger partial charge in [-0.3, -0.25) is 9.59 Å². The van der Waals surface area contributed by atoms with Gasteiger partial charge in [0, 0.05) is 24.2 Å². The first-order valence-corrected chi connectivity index (χ1v) is 8.15. The molecule has 0 aliphatic heterocycles. The summed E-state index contributed by atoms with van der Waals surface area (Å²) < 4.78 is 42.7. The molecule has 0 saturated carbocycles. The number of hydrogen-bond acceptors (Lipinski definition) is 3. The number of ether oxygens (including phenoxy) is 1. The summed E-state index contributed by atoms with van der Waals surface area (Å²) in [5.41, 5.74) is 0.0392. The van der Waals surface area contributed by atoms with Crippen LogP contribution < -0.4 is 15.4 Å². The second kappa shape index (κ2) is 9.07. The van der Waals surface area contributed by atoms with Gasteiger partial charge in [0.15, 0.2) is 0 Å². The summed E-state index contributed by atoms with van der Waals surface area (Å²) in [6.45, 7) is 0.345. The summed E-state index contributed by atoms with van der Waals surface area (Å²) in [5, 5.41) is 5.20. The Balaban J connectivity index is 1.76. The first-order valence-electron chi connectivity index (χ1n) is 8.15. The average Bonchev–Trinajstić information content (AvgIpc) is 2.65. The van der Waals surface area contributed by atoms with Crippen LogP contribution in [0, 0.1) is 0 Å². The summed E-state index contributed by atoms with van der Waals surface area (Å²) in [5.74, 6) is -0.130. The predicted octanol–water partition coefficient (Wildman–Crippen LogP) is 2.80. The van der Waals surface area contributed by atoms with Gasteiger partial charge in [-0.1, -0.05) is 18.2 Å². The Labute approximate surface area is 154 Å². The molecule has 2 aromatic carbocycles. The molecule has 0 heterocycles. The number of methoxy groups -OCH3 is 1. The van der Waals surface area contributed by atoms with Crippen LogP contribution in [0.15, 0.2) is 48.5 Å². The van der Waals surface area contributed by atoms with E-state index in [-0.39, 0.29) is 31.0 Å². The SMILES string of the molecule is COc1ccccc1CC(=O)NCCNC(=O)c1ccc(C(F)(F)F)cc1. The maximum absolute atomic E-state index is 12.5. The van der Waals surface area contributed by atoms with Gasteiger partial charge >= 0.3 is 6.18 Å². The molecule has 8 heteroatoms. The Morgan fingerprint density at radius 3 is 2.22 bits per heavy atom. The average molecular weight is 380 g/mol. The first kappa shape index (κ1) is 20.3. The van der Waals surface area contributed by atoms with E-state index in [1.165, 1.54) is 7.11 Å². The quantitative estimate of drug-likeness (QED) is 0.726. The lowest BCUT2D eigenvalue weighted by molar-refractivity contribution is -0.137. The molecular weight excluding hydrogens is 361 g/mol. The first-order chi connectivity index (χ1) is 12.8. The fourth-order valence-electron chi connectivity index (χ4n) is 2.38. The third-order valence-corrected chi connectivity index (χ3v) is 3.75. The molecule has 0 aromatic heterocycles. The summed E-state index contributed by atoms with van der Waals surface area (Å²) in [6.07, 6.45) is -4.31. The van der Waals surface area contributed by atoms with Gasteiger partial charge < -0.3 is 15.4 Å². The number of halogens is 3. The number of amides is 2. The number of carbonyl (C=O) groups is 2. The number of alkyl halides is 3. The van der Waals surface area contributed by atoms with Gasteiger partial charge in [0.05, 0.1) is 19.1 Å². The zero-order valence-corrected chi connectivity index (χ0v) is 14.6. The smallest absolute Gasteiger partial charge is 0.416 e. The maximum atomic E-state index is 12.5. The Hall–Kier alpha value is -3.03. The van der Waals surface area contributed by atoms with E-state index in [1.807, 2.05) is 0 Å². The number of hydrogen-bond donors (Lipinski definition) is 2. The molecule has 0 atom stereocenters. The van der Waals surface area contributed by atoms with Crippen LogP contribution >= 0.6 is 0 Å². The lowest BCUT2D eigenvalue weighted by Gasteiger charge is -2.10. The third kappa shape index (κ3) is 6.02. The lowest BCUT2D eigenvalue weighted by atomic mass is 10.1. The van der Waals surface area contributed by atoms with Crippen LogP contribution in [0.25, 0.3) is 0 Å². The van der Waals surface area contributed by atoms with Crippen molar-refractivity contribution in [1.82, 2.24) is 10.6 Å². The molecule has 2 rings (SSSR count). The molecule has 27 heavy (non-hydrogen) atoms. The fourth-order valence-corrected chi connectivity index (χ4v) is 2.38. The molecule has 0 unspecified atom stereocenters. The van der Waals surface area contributed by atoms with Gasteiger partial charge in [-0.25, -0.2) is 0 Å². The molecule has 0 aliphatic carbocycles. The second-order valence-corrected chi connectivity index (χ2v) is 5.67. The number of para-hydroxylation sites is 1. The number of nitrogens with one attached hydrogen (secondary N) is 2. The molecule has 144 valence electrons. The molecule has 2 amide bonds. The van der Waals surface area contributed by atoms with E-state index in [1.54, 1.807) is 24.3 Å². The monoisotopic (exact) mass is 380 g/mol. The predicted molar refractivity (Wildman–Crippen MR) is 93.5 cm³/mol. The van der Waals surface area contributed by atoms with Crippen LogP contribution in [-0.2, 0) is 17.4 Å². The standard InChI is InChI=1S/C19H19F3N2O3/c1-27-16-5-3-2-4-14(16)12-17(25)23-10-11-24-18(26)13-6-8-15(9-7-13)19(20,21)22/h2-9H,10-12H2,1H3,(H,23,25)(H,24,26). The Morgan fingerprint density at radius 1 is 0.963 bits per heavy atom. The van der Waals surface area contributed by atoms with Crippen LogP contribution in [0.5, 0.6) is 5.75 Å². The van der Waals surface area contributed by atoms with Crippen molar-refractivity contribution < 1.29 is 27.5 Å². The largest absolute Gasteiger partial charge is 0.496 e. The summed E-state index contributed by atoms with van der Waals surface area (Å²) in [7, 11) is 1.52. The normalized spacial score (nSPS) is 11.0. The highest BCUT2D eigenvalue weighted by Gasteiger charge is 2.30. The van der Waals surface area contributed by atoms with E-state index >= 15 is 0 Å². The van der Waals surface area contributed by atoms with Gasteiger partial charge in [-0.05, 0) is 30.3 Å². The van der Waals surface area contributed by atoms with Gasteiger partial charge in [0.1, 0.15) is 5.75 Å². The molecule has 2 aromatic rings. The number of carbonyl (C=O) groups excluding carboxylic acids is 2. The van der Waals surface area contributed by atoms with Gasteiger partial charge in [0.2, 0.25) is 5.91 Å². The van der Waals surface area contributed by atoms with Crippen LogP contribution in [0.1, 0.15) is 21.5 Å². The van der Waals surface area contributed by atoms with Crippen molar-refractivity contribution in [2.24, 2.45) is 0 Å². The minimum Gasteiger partial charge on any atom is -0.496 e. The minimum absolute atomic E-state index is 0.114. The number of benzene rings is 2. The molecule has 0 radical (unpaired) electrons. The van der Waals surface area contributed by atoms with Crippen molar-refractivity contribution in [3.05, 3.63) is 65.2 Å². The van der Waals surface area contributed by atoms with Crippen molar-refractivity contribution in [3.8, 4) is 5.75 Å². The van der Waals surface area contributed by atoms with Crippen LogP contribution in [-0.4, -0.2) is 32.0 Å². The van der Waals surface area contributed by atoms with Crippen molar-refractivity contribution in [2.75, 3.05) is 20.2 Å². The van der Waals surface area contributed by atoms with E-state index < -0.39 is 17.6 Å². The Bertz CT molecular complexity index is 790. The minimum atomic E-state index is -4.44. The van der Waals surface area contributed by atoms with Crippen molar-refractivity contribution in [3.63, 3.8) is 0 Å². The van der Waals surface area contributed by atoms with Gasteiger partial charge in [-0.15, -0.1) is 0 Å². The van der Waals surface area contributed by atoms with E-state index in [0.717, 1.165) is 29.8 Å². The van der Waals surface area contributed by atoms with Crippen molar-refractivity contribution in [2.45, 2.75) is 12.6 Å². The zero-order valence-electron chi connectivity index (χ0n) is 14.6. The molecule has 0 fully saturated rings. The molecule has 5 nitrogen and oxygen atoms in total. The zero-order chi connectivity index (χ0) is 19.9. The second-order valence-electron chi connectivity index (χ2n) is 5.67. The molecular formula is C19H19F3N2O3. The molecule has 0 bridgehead atoms. The fraction of sp³-hybridized carbons (Fsp3) is 0.263. The Morgan fingerprint density at radius 2 is 1.59 bits per heavy atom. The molecule has 0 aliphatic rings. The number of rotatable bonds is 7. The summed E-state index contributed by atoms with van der Waals surface area (Å²) >= 11 is 0. The van der Waals surface area contributed by atoms with E-state index in [9.17, 15) is 22.8 Å². The van der Waals surface area contributed by atoms with E-state index in [2.05, 4.69) is 10.6 Å². The third-order valence-electron chi connectivity index (χ3n) is 3.75. The van der Waals surface area contributed by atoms with E-state index in [4.69, 9.17) is 4.74 Å². The van der Waals surface area contributed by atoms with Crippen molar-refractivity contribution in [1.29, 1.82) is 0 Å². The maximum Gasteiger partial charge on any atom is 0.416 e. The Kier molecular flexibility index (Phi) is 6.81. The highest BCUT2D eigenvalue weighted by Crippen LogP contribution is 2.29. The van der Waals surface area contributed by atoms with E-state index in [0.29, 0.717) is 5.75 Å². The van der Waals surface area contributed by atoms with Gasteiger partial charge in [-0.2, -0.15) is 13.2 Å². The summed E-state index contributed by atoms with van der Waals surface area (Å²) in [4.78, 5) is 23.8. The highest BCUT2D eigenvalue weighted by atomic mass is 19.4. The summed E-state index contributed by atoms with van der Waals surface area (Å²) in [6, 6.07) is 11.1. The topological polar surface area (TPSA) is 67.4 Å². The van der Waals surface area contributed by atoms with Gasteiger partial charge in [0.25, 0.3) is 5.91 Å². The van der Waals surface area contributed by atoms with Crippen LogP contribution in [0.4, 0.5) is 13.2 Å². The molecule has 0 saturated heterocycles. The highest BCUT2D eigenvalue weighted by molar-refractivity contribution is 5.94. The van der Waals surface area contributed by atoms with Crippen LogP contribution in [0.2, 0.25) is 0 Å². The molecule has 0 spiro atoms. The lowest BCUT2D eigenvalue weighted by Crippen LogP contribution is -2.35.